The van der Waals surface area contributed by atoms with Gasteiger partial charge in [-0.1, -0.05) is 6.92 Å². The quantitative estimate of drug-likeness (QED) is 0.481. The SMILES string of the molecule is CCC(CO)(CO)COCCC(=O)O. The van der Waals surface area contributed by atoms with Crippen LogP contribution in [0.4, 0.5) is 0 Å². The molecule has 0 radical (unpaired) electrons. The Labute approximate surface area is 83.3 Å². The molecule has 0 heterocycles. The van der Waals surface area contributed by atoms with Crippen LogP contribution in [0.25, 0.3) is 0 Å². The standard InChI is InChI=1S/C9H18O5/c1-2-9(5-10,6-11)7-14-4-3-8(12)13/h10-11H,2-7H2,1H3,(H,12,13). The van der Waals surface area contributed by atoms with E-state index in [2.05, 4.69) is 0 Å². The van der Waals surface area contributed by atoms with Gasteiger partial charge in [-0.2, -0.15) is 0 Å². The minimum absolute atomic E-state index is 0.0589. The van der Waals surface area contributed by atoms with Gasteiger partial charge in [0.2, 0.25) is 0 Å². The molecule has 0 aromatic rings. The summed E-state index contributed by atoms with van der Waals surface area (Å²) in [4.78, 5) is 10.2. The molecule has 0 fully saturated rings. The fourth-order valence-electron chi connectivity index (χ4n) is 0.915. The molecule has 0 aliphatic heterocycles. The maximum Gasteiger partial charge on any atom is 0.305 e. The largest absolute Gasteiger partial charge is 0.481 e. The third kappa shape index (κ3) is 4.55. The molecule has 0 bridgehead atoms. The van der Waals surface area contributed by atoms with Crippen LogP contribution in [-0.2, 0) is 9.53 Å². The van der Waals surface area contributed by atoms with Crippen LogP contribution in [0.2, 0.25) is 0 Å². The van der Waals surface area contributed by atoms with Gasteiger partial charge in [0.15, 0.2) is 0 Å². The van der Waals surface area contributed by atoms with Crippen molar-refractivity contribution in [3.05, 3.63) is 0 Å². The molecule has 0 aromatic carbocycles. The number of aliphatic hydroxyl groups excluding tert-OH is 2. The lowest BCUT2D eigenvalue weighted by molar-refractivity contribution is -0.138. The van der Waals surface area contributed by atoms with Crippen molar-refractivity contribution in [3.8, 4) is 0 Å². The van der Waals surface area contributed by atoms with E-state index in [1.165, 1.54) is 0 Å². The van der Waals surface area contributed by atoms with Crippen molar-refractivity contribution in [2.45, 2.75) is 19.8 Å². The second-order valence-electron chi connectivity index (χ2n) is 3.37. The smallest absolute Gasteiger partial charge is 0.305 e. The third-order valence-electron chi connectivity index (χ3n) is 2.29. The number of aliphatic hydroxyl groups is 2. The Kier molecular flexibility index (Phi) is 6.44. The second kappa shape index (κ2) is 6.75. The highest BCUT2D eigenvalue weighted by atomic mass is 16.5. The summed E-state index contributed by atoms with van der Waals surface area (Å²) in [6.07, 6.45) is 0.531. The summed E-state index contributed by atoms with van der Waals surface area (Å²) in [6, 6.07) is 0. The van der Waals surface area contributed by atoms with E-state index in [9.17, 15) is 4.79 Å². The number of ether oxygens (including phenoxy) is 1. The fourth-order valence-corrected chi connectivity index (χ4v) is 0.915. The summed E-state index contributed by atoms with van der Waals surface area (Å²) in [7, 11) is 0. The number of hydrogen-bond donors (Lipinski definition) is 3. The number of aliphatic carboxylic acids is 1. The Morgan fingerprint density at radius 2 is 1.93 bits per heavy atom. The Balaban J connectivity index is 3.77. The van der Waals surface area contributed by atoms with Gasteiger partial charge in [0, 0.05) is 5.41 Å². The first kappa shape index (κ1) is 13.4. The zero-order valence-corrected chi connectivity index (χ0v) is 8.40. The van der Waals surface area contributed by atoms with E-state index in [1.54, 1.807) is 0 Å². The maximum atomic E-state index is 10.2. The topological polar surface area (TPSA) is 87.0 Å². The highest BCUT2D eigenvalue weighted by Crippen LogP contribution is 2.20. The molecule has 0 aliphatic carbocycles. The highest BCUT2D eigenvalue weighted by molar-refractivity contribution is 5.66. The van der Waals surface area contributed by atoms with Crippen LogP contribution in [0.1, 0.15) is 19.8 Å². The first-order valence-corrected chi connectivity index (χ1v) is 4.61. The first-order valence-electron chi connectivity index (χ1n) is 4.61. The lowest BCUT2D eigenvalue weighted by Gasteiger charge is -2.27. The zero-order chi connectivity index (χ0) is 11.0. The van der Waals surface area contributed by atoms with Gasteiger partial charge in [0.1, 0.15) is 0 Å². The normalized spacial score (nSPS) is 11.6. The number of carboxylic acid groups (broad SMARTS) is 1. The fraction of sp³-hybridized carbons (Fsp3) is 0.889. The van der Waals surface area contributed by atoms with Crippen molar-refractivity contribution in [1.82, 2.24) is 0 Å². The minimum Gasteiger partial charge on any atom is -0.481 e. The Hall–Kier alpha value is -0.650. The van der Waals surface area contributed by atoms with Crippen LogP contribution in [-0.4, -0.2) is 47.7 Å². The Bertz CT molecular complexity index is 156. The molecule has 0 saturated carbocycles. The summed E-state index contributed by atoms with van der Waals surface area (Å²) >= 11 is 0. The molecule has 0 amide bonds. The van der Waals surface area contributed by atoms with Gasteiger partial charge in [0.05, 0.1) is 32.8 Å². The highest BCUT2D eigenvalue weighted by Gasteiger charge is 2.26. The van der Waals surface area contributed by atoms with Gasteiger partial charge in [-0.25, -0.2) is 0 Å². The molecule has 0 saturated heterocycles. The lowest BCUT2D eigenvalue weighted by atomic mass is 9.88. The van der Waals surface area contributed by atoms with E-state index in [4.69, 9.17) is 20.1 Å². The number of hydrogen-bond acceptors (Lipinski definition) is 4. The summed E-state index contributed by atoms with van der Waals surface area (Å²) in [5.74, 6) is -0.917. The summed E-state index contributed by atoms with van der Waals surface area (Å²) < 4.78 is 5.08. The van der Waals surface area contributed by atoms with Crippen LogP contribution in [0.15, 0.2) is 0 Å². The maximum absolute atomic E-state index is 10.2. The zero-order valence-electron chi connectivity index (χ0n) is 8.40. The van der Waals surface area contributed by atoms with Gasteiger partial charge in [-0.15, -0.1) is 0 Å². The third-order valence-corrected chi connectivity index (χ3v) is 2.29. The molecule has 0 unspecified atom stereocenters. The molecule has 0 spiro atoms. The Morgan fingerprint density at radius 3 is 2.29 bits per heavy atom. The summed E-state index contributed by atoms with van der Waals surface area (Å²) in [5, 5.41) is 26.4. The summed E-state index contributed by atoms with van der Waals surface area (Å²) in [6.45, 7) is 1.81. The van der Waals surface area contributed by atoms with Gasteiger partial charge in [-0.3, -0.25) is 4.79 Å². The van der Waals surface area contributed by atoms with Crippen molar-refractivity contribution < 1.29 is 24.9 Å². The molecule has 14 heavy (non-hydrogen) atoms. The van der Waals surface area contributed by atoms with Crippen molar-refractivity contribution in [1.29, 1.82) is 0 Å². The van der Waals surface area contributed by atoms with Crippen LogP contribution in [0.5, 0.6) is 0 Å². The first-order chi connectivity index (χ1) is 6.60. The average Bonchev–Trinajstić information content (AvgIpc) is 2.19. The second-order valence-corrected chi connectivity index (χ2v) is 3.37. The van der Waals surface area contributed by atoms with Gasteiger partial charge in [0.25, 0.3) is 0 Å². The monoisotopic (exact) mass is 206 g/mol. The molecule has 0 atom stereocenters. The van der Waals surface area contributed by atoms with Crippen LogP contribution in [0, 0.1) is 5.41 Å². The average molecular weight is 206 g/mol. The molecule has 0 rings (SSSR count). The van der Waals surface area contributed by atoms with Crippen molar-refractivity contribution >= 4 is 5.97 Å². The van der Waals surface area contributed by atoms with Crippen LogP contribution in [0.3, 0.4) is 0 Å². The number of rotatable bonds is 8. The van der Waals surface area contributed by atoms with E-state index in [1.807, 2.05) is 6.92 Å². The molecule has 84 valence electrons. The van der Waals surface area contributed by atoms with E-state index in [0.29, 0.717) is 6.42 Å². The molecule has 5 heteroatoms. The number of carboxylic acids is 1. The lowest BCUT2D eigenvalue weighted by Crippen LogP contribution is -2.34. The molecule has 0 aromatic heterocycles. The van der Waals surface area contributed by atoms with Gasteiger partial charge in [-0.05, 0) is 6.42 Å². The van der Waals surface area contributed by atoms with Crippen LogP contribution < -0.4 is 0 Å². The summed E-state index contributed by atoms with van der Waals surface area (Å²) in [5.41, 5.74) is -0.640. The molecule has 0 aliphatic rings. The van der Waals surface area contributed by atoms with Gasteiger partial charge < -0.3 is 20.1 Å². The molecular weight excluding hydrogens is 188 g/mol. The van der Waals surface area contributed by atoms with E-state index in [0.717, 1.165) is 0 Å². The van der Waals surface area contributed by atoms with E-state index >= 15 is 0 Å². The van der Waals surface area contributed by atoms with Crippen molar-refractivity contribution in [2.75, 3.05) is 26.4 Å². The van der Waals surface area contributed by atoms with Crippen molar-refractivity contribution in [2.24, 2.45) is 5.41 Å². The van der Waals surface area contributed by atoms with E-state index in [-0.39, 0.29) is 32.8 Å². The van der Waals surface area contributed by atoms with Gasteiger partial charge >= 0.3 is 5.97 Å². The van der Waals surface area contributed by atoms with E-state index < -0.39 is 11.4 Å². The predicted octanol–water partition coefficient (Wildman–Crippen LogP) is -0.141. The molecule has 3 N–H and O–H groups in total. The molecule has 5 nitrogen and oxygen atoms in total. The predicted molar refractivity (Wildman–Crippen MR) is 50.0 cm³/mol. The van der Waals surface area contributed by atoms with Crippen LogP contribution >= 0.6 is 0 Å². The molecular formula is C9H18O5. The minimum atomic E-state index is -0.917. The number of carbonyl (C=O) groups is 1. The van der Waals surface area contributed by atoms with Crippen molar-refractivity contribution in [3.63, 3.8) is 0 Å². The Morgan fingerprint density at radius 1 is 1.36 bits per heavy atom.